The van der Waals surface area contributed by atoms with Crippen molar-refractivity contribution in [3.8, 4) is 22.3 Å². The third kappa shape index (κ3) is 2.17. The van der Waals surface area contributed by atoms with E-state index in [1.54, 1.807) is 11.1 Å². The van der Waals surface area contributed by atoms with Crippen molar-refractivity contribution in [2.75, 3.05) is 0 Å². The van der Waals surface area contributed by atoms with Gasteiger partial charge in [-0.05, 0) is 88.4 Å². The van der Waals surface area contributed by atoms with E-state index >= 15 is 0 Å². The van der Waals surface area contributed by atoms with E-state index in [1.807, 2.05) is 6.07 Å². The second-order valence-electron chi connectivity index (χ2n) is 8.54. The molecule has 0 heterocycles. The number of aryl methyl sites for hydroxylation is 2. The second-order valence-corrected chi connectivity index (χ2v) is 8.98. The fourth-order valence-electron chi connectivity index (χ4n) is 5.98. The van der Waals surface area contributed by atoms with E-state index in [9.17, 15) is 0 Å². The molecule has 3 aliphatic carbocycles. The lowest BCUT2D eigenvalue weighted by Gasteiger charge is -2.36. The fraction of sp³-hybridized carbons (Fsp3) is 0.308. The van der Waals surface area contributed by atoms with E-state index in [0.717, 1.165) is 17.9 Å². The van der Waals surface area contributed by atoms with Gasteiger partial charge in [-0.2, -0.15) is 0 Å². The minimum absolute atomic E-state index is 0.232. The minimum Gasteiger partial charge on any atom is -0.0843 e. The predicted octanol–water partition coefficient (Wildman–Crippen LogP) is 7.34. The Morgan fingerprint density at radius 3 is 2.30 bits per heavy atom. The molecule has 27 heavy (non-hydrogen) atoms. The van der Waals surface area contributed by atoms with E-state index in [0.29, 0.717) is 0 Å². The first kappa shape index (κ1) is 16.0. The van der Waals surface area contributed by atoms with Crippen molar-refractivity contribution < 1.29 is 0 Å². The number of halogens is 1. The van der Waals surface area contributed by atoms with Gasteiger partial charge in [-0.3, -0.25) is 0 Å². The van der Waals surface area contributed by atoms with Gasteiger partial charge in [0.25, 0.3) is 0 Å². The normalized spacial score (nSPS) is 18.6. The van der Waals surface area contributed by atoms with E-state index in [1.165, 1.54) is 65.5 Å². The Kier molecular flexibility index (Phi) is 3.38. The quantitative estimate of drug-likeness (QED) is 0.388. The van der Waals surface area contributed by atoms with Crippen LogP contribution in [0.15, 0.2) is 54.6 Å². The molecule has 1 heteroatoms. The number of hydrogen-bond acceptors (Lipinski definition) is 0. The molecule has 0 bridgehead atoms. The summed E-state index contributed by atoms with van der Waals surface area (Å²) < 4.78 is 0. The summed E-state index contributed by atoms with van der Waals surface area (Å²) in [4.78, 5) is 0. The highest BCUT2D eigenvalue weighted by molar-refractivity contribution is 6.30. The van der Waals surface area contributed by atoms with Crippen LogP contribution in [0.2, 0.25) is 5.02 Å². The minimum atomic E-state index is 0.232. The largest absolute Gasteiger partial charge is 0.0843 e. The van der Waals surface area contributed by atoms with Crippen LogP contribution in [-0.4, -0.2) is 0 Å². The summed E-state index contributed by atoms with van der Waals surface area (Å²) >= 11 is 6.38. The molecule has 6 rings (SSSR count). The van der Waals surface area contributed by atoms with E-state index in [2.05, 4.69) is 48.5 Å². The van der Waals surface area contributed by atoms with Crippen LogP contribution in [0.3, 0.4) is 0 Å². The van der Waals surface area contributed by atoms with Crippen LogP contribution >= 0.6 is 11.6 Å². The Morgan fingerprint density at radius 2 is 1.41 bits per heavy atom. The highest BCUT2D eigenvalue weighted by atomic mass is 35.5. The standard InChI is InChI=1S/C26H23Cl/c27-19-11-10-17-8-9-18-14-23-20-6-2-3-7-24(20)26(12-4-1-5-13-26)25(23)16-22(18)21(17)15-19/h2-3,6-7,10-11,14-16H,1,4-5,8-9,12-13H2. The van der Waals surface area contributed by atoms with Gasteiger partial charge in [-0.1, -0.05) is 67.3 Å². The van der Waals surface area contributed by atoms with Crippen molar-refractivity contribution in [3.05, 3.63) is 81.9 Å². The molecule has 1 saturated carbocycles. The van der Waals surface area contributed by atoms with Crippen molar-refractivity contribution in [2.45, 2.75) is 50.4 Å². The summed E-state index contributed by atoms with van der Waals surface area (Å²) in [5.41, 5.74) is 12.1. The summed E-state index contributed by atoms with van der Waals surface area (Å²) in [6.45, 7) is 0. The molecule has 0 unspecified atom stereocenters. The van der Waals surface area contributed by atoms with Gasteiger partial charge < -0.3 is 0 Å². The Hall–Kier alpha value is -2.05. The van der Waals surface area contributed by atoms with Gasteiger partial charge in [0.05, 0.1) is 0 Å². The van der Waals surface area contributed by atoms with Crippen LogP contribution in [0, 0.1) is 0 Å². The maximum absolute atomic E-state index is 6.38. The Balaban J connectivity index is 1.64. The summed E-state index contributed by atoms with van der Waals surface area (Å²) in [5.74, 6) is 0. The maximum Gasteiger partial charge on any atom is 0.0412 e. The van der Waals surface area contributed by atoms with Crippen LogP contribution in [-0.2, 0) is 18.3 Å². The number of fused-ring (bicyclic) bond motifs is 8. The molecule has 0 saturated heterocycles. The van der Waals surface area contributed by atoms with Crippen molar-refractivity contribution >= 4 is 11.6 Å². The lowest BCUT2D eigenvalue weighted by Crippen LogP contribution is -2.28. The molecule has 0 aromatic heterocycles. The third-order valence-corrected chi connectivity index (χ3v) is 7.46. The van der Waals surface area contributed by atoms with Crippen molar-refractivity contribution in [1.29, 1.82) is 0 Å². The van der Waals surface area contributed by atoms with Gasteiger partial charge in [0, 0.05) is 10.4 Å². The zero-order valence-electron chi connectivity index (χ0n) is 15.5. The summed E-state index contributed by atoms with van der Waals surface area (Å²) in [6, 6.07) is 20.7. The van der Waals surface area contributed by atoms with Crippen LogP contribution in [0.5, 0.6) is 0 Å². The highest BCUT2D eigenvalue weighted by Gasteiger charge is 2.44. The van der Waals surface area contributed by atoms with Gasteiger partial charge >= 0.3 is 0 Å². The van der Waals surface area contributed by atoms with Gasteiger partial charge in [-0.15, -0.1) is 0 Å². The molecule has 1 spiro atoms. The number of hydrogen-bond donors (Lipinski definition) is 0. The first-order valence-electron chi connectivity index (χ1n) is 10.3. The molecule has 0 N–H and O–H groups in total. The Bertz CT molecular complexity index is 1070. The average molecular weight is 371 g/mol. The molecule has 0 aliphatic heterocycles. The molecule has 0 amide bonds. The van der Waals surface area contributed by atoms with Gasteiger partial charge in [0.2, 0.25) is 0 Å². The SMILES string of the molecule is Clc1ccc2c(c1)-c1cc3c(cc1CC2)-c1ccccc1C31CCCCC1. The molecule has 3 aromatic rings. The maximum atomic E-state index is 6.38. The fourth-order valence-corrected chi connectivity index (χ4v) is 6.15. The zero-order chi connectivity index (χ0) is 18.0. The van der Waals surface area contributed by atoms with Gasteiger partial charge in [0.1, 0.15) is 0 Å². The molecule has 3 aromatic carbocycles. The molecule has 0 nitrogen and oxygen atoms in total. The topological polar surface area (TPSA) is 0 Å². The monoisotopic (exact) mass is 370 g/mol. The summed E-state index contributed by atoms with van der Waals surface area (Å²) in [6.07, 6.45) is 8.89. The van der Waals surface area contributed by atoms with Gasteiger partial charge in [0.15, 0.2) is 0 Å². The van der Waals surface area contributed by atoms with Crippen molar-refractivity contribution in [3.63, 3.8) is 0 Å². The summed E-state index contributed by atoms with van der Waals surface area (Å²) in [7, 11) is 0. The van der Waals surface area contributed by atoms with Crippen molar-refractivity contribution in [2.24, 2.45) is 0 Å². The predicted molar refractivity (Wildman–Crippen MR) is 114 cm³/mol. The summed E-state index contributed by atoms with van der Waals surface area (Å²) in [5, 5.41) is 0.845. The first-order chi connectivity index (χ1) is 13.3. The van der Waals surface area contributed by atoms with Crippen LogP contribution < -0.4 is 0 Å². The molecule has 3 aliphatic rings. The lowest BCUT2D eigenvalue weighted by atomic mass is 9.67. The second kappa shape index (κ2) is 5.72. The smallest absolute Gasteiger partial charge is 0.0412 e. The highest BCUT2D eigenvalue weighted by Crippen LogP contribution is 2.57. The Morgan fingerprint density at radius 1 is 0.630 bits per heavy atom. The van der Waals surface area contributed by atoms with Gasteiger partial charge in [-0.25, -0.2) is 0 Å². The molecule has 134 valence electrons. The number of benzene rings is 3. The van der Waals surface area contributed by atoms with Crippen LogP contribution in [0.4, 0.5) is 0 Å². The van der Waals surface area contributed by atoms with E-state index < -0.39 is 0 Å². The molecular formula is C26H23Cl. The molecule has 0 atom stereocenters. The molecule has 0 radical (unpaired) electrons. The molecular weight excluding hydrogens is 348 g/mol. The van der Waals surface area contributed by atoms with E-state index in [-0.39, 0.29) is 5.41 Å². The zero-order valence-corrected chi connectivity index (χ0v) is 16.3. The number of rotatable bonds is 0. The lowest BCUT2D eigenvalue weighted by molar-refractivity contribution is 0.353. The molecule has 1 fully saturated rings. The third-order valence-electron chi connectivity index (χ3n) is 7.22. The van der Waals surface area contributed by atoms with E-state index in [4.69, 9.17) is 11.6 Å². The van der Waals surface area contributed by atoms with Crippen LogP contribution in [0.1, 0.15) is 54.4 Å². The van der Waals surface area contributed by atoms with Crippen molar-refractivity contribution in [1.82, 2.24) is 0 Å². The average Bonchev–Trinajstić information content (AvgIpc) is 2.97. The first-order valence-corrected chi connectivity index (χ1v) is 10.7. The van der Waals surface area contributed by atoms with Crippen LogP contribution in [0.25, 0.3) is 22.3 Å². The Labute approximate surface area is 166 Å².